The summed E-state index contributed by atoms with van der Waals surface area (Å²) in [5.41, 5.74) is 2.40. The largest absolute Gasteiger partial charge is 0.508 e. The number of hydrogen-bond donors (Lipinski definition) is 3. The molecule has 29 heavy (non-hydrogen) atoms. The number of phenols is 1. The first kappa shape index (κ1) is 20.4. The molecule has 1 heterocycles. The molecule has 0 unspecified atom stereocenters. The molecule has 2 aromatic rings. The van der Waals surface area contributed by atoms with Gasteiger partial charge in [-0.25, -0.2) is 0 Å². The number of carbonyl (C=O) groups is 2. The van der Waals surface area contributed by atoms with Crippen LogP contribution in [0.15, 0.2) is 60.2 Å². The van der Waals surface area contributed by atoms with E-state index in [1.165, 1.54) is 0 Å². The number of carbonyl (C=O) groups excluding carboxylic acids is 1. The number of amides is 1. The van der Waals surface area contributed by atoms with Crippen LogP contribution in [0.25, 0.3) is 6.08 Å². The quantitative estimate of drug-likeness (QED) is 0.619. The smallest absolute Gasteiger partial charge is 0.322 e. The third-order valence-corrected chi connectivity index (χ3v) is 4.79. The summed E-state index contributed by atoms with van der Waals surface area (Å²) in [6, 6.07) is 16.7. The highest BCUT2D eigenvalue weighted by atomic mass is 16.4. The normalized spacial score (nSPS) is 15.2. The maximum absolute atomic E-state index is 12.5. The Hall–Kier alpha value is -3.32. The maximum atomic E-state index is 12.5. The van der Waals surface area contributed by atoms with E-state index in [0.29, 0.717) is 12.1 Å². The van der Waals surface area contributed by atoms with Gasteiger partial charge >= 0.3 is 5.97 Å². The van der Waals surface area contributed by atoms with Crippen molar-refractivity contribution in [1.82, 2.24) is 10.2 Å². The number of carboxylic acids is 1. The van der Waals surface area contributed by atoms with Crippen LogP contribution in [0.5, 0.6) is 5.75 Å². The van der Waals surface area contributed by atoms with Gasteiger partial charge in [-0.05, 0) is 23.8 Å². The number of aromatic hydroxyl groups is 1. The van der Waals surface area contributed by atoms with Crippen molar-refractivity contribution < 1.29 is 19.8 Å². The van der Waals surface area contributed by atoms with Crippen LogP contribution >= 0.6 is 0 Å². The van der Waals surface area contributed by atoms with Gasteiger partial charge in [0.05, 0.1) is 0 Å². The molecule has 0 aromatic heterocycles. The van der Waals surface area contributed by atoms with Gasteiger partial charge in [0.1, 0.15) is 12.3 Å². The van der Waals surface area contributed by atoms with E-state index >= 15 is 0 Å². The van der Waals surface area contributed by atoms with Gasteiger partial charge in [-0.3, -0.25) is 14.5 Å². The monoisotopic (exact) mass is 395 g/mol. The molecule has 0 spiro atoms. The minimum absolute atomic E-state index is 0.244. The third-order valence-electron chi connectivity index (χ3n) is 4.79. The highest BCUT2D eigenvalue weighted by Gasteiger charge is 2.21. The van der Waals surface area contributed by atoms with Crippen LogP contribution < -0.4 is 10.2 Å². The average molecular weight is 395 g/mol. The van der Waals surface area contributed by atoms with E-state index in [1.807, 2.05) is 42.5 Å². The van der Waals surface area contributed by atoms with Gasteiger partial charge in [-0.1, -0.05) is 36.4 Å². The topological polar surface area (TPSA) is 93.1 Å². The zero-order valence-electron chi connectivity index (χ0n) is 16.1. The highest BCUT2D eigenvalue weighted by molar-refractivity contribution is 5.99. The fraction of sp³-hybridized carbons (Fsp3) is 0.273. The lowest BCUT2D eigenvalue weighted by Gasteiger charge is -2.36. The van der Waals surface area contributed by atoms with Crippen LogP contribution in [0.1, 0.15) is 5.56 Å². The molecule has 1 aliphatic heterocycles. The predicted molar refractivity (Wildman–Crippen MR) is 112 cm³/mol. The van der Waals surface area contributed by atoms with E-state index in [1.54, 1.807) is 18.2 Å². The number of carboxylic acid groups (broad SMARTS) is 1. The number of benzene rings is 2. The Morgan fingerprint density at radius 1 is 1.00 bits per heavy atom. The molecule has 7 heteroatoms. The van der Waals surface area contributed by atoms with Gasteiger partial charge in [0.2, 0.25) is 5.91 Å². The molecule has 0 atom stereocenters. The van der Waals surface area contributed by atoms with Crippen molar-refractivity contribution in [2.45, 2.75) is 0 Å². The number of hydrogen-bond acceptors (Lipinski definition) is 5. The number of rotatable bonds is 7. The molecule has 1 amide bonds. The Morgan fingerprint density at radius 2 is 1.72 bits per heavy atom. The van der Waals surface area contributed by atoms with Crippen LogP contribution in [0.2, 0.25) is 0 Å². The van der Waals surface area contributed by atoms with Crippen LogP contribution in [0, 0.1) is 0 Å². The molecular formula is C22H25N3O4. The van der Waals surface area contributed by atoms with E-state index in [4.69, 9.17) is 5.11 Å². The van der Waals surface area contributed by atoms with E-state index < -0.39 is 12.5 Å². The standard InChI is InChI=1S/C22H25N3O4/c26-20-8-4-7-19(14-20)25-11-9-24(10-12-25)16-18(22(29)23-15-21(27)28)13-17-5-2-1-3-6-17/h1-8,13-14,26H,9-12,15-16H2,(H,23,29)(H,27,28)/b18-13+. The Labute approximate surface area is 169 Å². The minimum Gasteiger partial charge on any atom is -0.508 e. The molecule has 0 aliphatic carbocycles. The zero-order valence-corrected chi connectivity index (χ0v) is 16.1. The summed E-state index contributed by atoms with van der Waals surface area (Å²) in [5, 5.41) is 21.0. The van der Waals surface area contributed by atoms with Crippen LogP contribution in [0.4, 0.5) is 5.69 Å². The first-order chi connectivity index (χ1) is 14.0. The fourth-order valence-electron chi connectivity index (χ4n) is 3.30. The van der Waals surface area contributed by atoms with E-state index in [0.717, 1.165) is 37.4 Å². The fourth-order valence-corrected chi connectivity index (χ4v) is 3.30. The lowest BCUT2D eigenvalue weighted by Crippen LogP contribution is -2.48. The van der Waals surface area contributed by atoms with Crippen molar-refractivity contribution in [2.24, 2.45) is 0 Å². The summed E-state index contributed by atoms with van der Waals surface area (Å²) in [7, 11) is 0. The second-order valence-electron chi connectivity index (χ2n) is 6.94. The van der Waals surface area contributed by atoms with Gasteiger partial charge in [0, 0.05) is 50.1 Å². The molecule has 0 saturated carbocycles. The molecular weight excluding hydrogens is 370 g/mol. The van der Waals surface area contributed by atoms with Crippen LogP contribution in [-0.4, -0.2) is 66.3 Å². The predicted octanol–water partition coefficient (Wildman–Crippen LogP) is 1.80. The van der Waals surface area contributed by atoms with E-state index in [-0.39, 0.29) is 11.7 Å². The van der Waals surface area contributed by atoms with E-state index in [9.17, 15) is 14.7 Å². The van der Waals surface area contributed by atoms with Gasteiger partial charge in [0.15, 0.2) is 0 Å². The van der Waals surface area contributed by atoms with Crippen molar-refractivity contribution in [3.63, 3.8) is 0 Å². The average Bonchev–Trinajstić information content (AvgIpc) is 2.73. The lowest BCUT2D eigenvalue weighted by atomic mass is 10.1. The molecule has 3 rings (SSSR count). The van der Waals surface area contributed by atoms with Gasteiger partial charge in [-0.2, -0.15) is 0 Å². The number of nitrogens with zero attached hydrogens (tertiary/aromatic N) is 2. The lowest BCUT2D eigenvalue weighted by molar-refractivity contribution is -0.137. The summed E-state index contributed by atoms with van der Waals surface area (Å²) >= 11 is 0. The first-order valence-electron chi connectivity index (χ1n) is 9.53. The van der Waals surface area contributed by atoms with Crippen molar-refractivity contribution in [1.29, 1.82) is 0 Å². The second kappa shape index (κ2) is 9.75. The first-order valence-corrected chi connectivity index (χ1v) is 9.53. The molecule has 152 valence electrons. The van der Waals surface area contributed by atoms with Crippen LogP contribution in [-0.2, 0) is 9.59 Å². The molecule has 1 fully saturated rings. The molecule has 1 saturated heterocycles. The Morgan fingerprint density at radius 3 is 2.38 bits per heavy atom. The summed E-state index contributed by atoms with van der Waals surface area (Å²) in [5.74, 6) is -1.20. The Bertz CT molecular complexity index is 875. The SMILES string of the molecule is O=C(O)CNC(=O)/C(=C/c1ccccc1)CN1CCN(c2cccc(O)c2)CC1. The Kier molecular flexibility index (Phi) is 6.86. The molecule has 3 N–H and O–H groups in total. The van der Waals surface area contributed by atoms with E-state index in [2.05, 4.69) is 15.1 Å². The molecule has 0 bridgehead atoms. The van der Waals surface area contributed by atoms with Crippen molar-refractivity contribution in [3.8, 4) is 5.75 Å². The summed E-state index contributed by atoms with van der Waals surface area (Å²) in [6.07, 6.45) is 1.80. The van der Waals surface area contributed by atoms with Crippen LogP contribution in [0.3, 0.4) is 0 Å². The molecule has 7 nitrogen and oxygen atoms in total. The number of phenolic OH excluding ortho intramolecular Hbond substituents is 1. The van der Waals surface area contributed by atoms with Crippen molar-refractivity contribution in [2.75, 3.05) is 44.2 Å². The summed E-state index contributed by atoms with van der Waals surface area (Å²) < 4.78 is 0. The summed E-state index contributed by atoms with van der Waals surface area (Å²) in [4.78, 5) is 27.7. The molecule has 2 aromatic carbocycles. The zero-order chi connectivity index (χ0) is 20.6. The highest BCUT2D eigenvalue weighted by Crippen LogP contribution is 2.21. The number of nitrogens with one attached hydrogen (secondary N) is 1. The van der Waals surface area contributed by atoms with Crippen molar-refractivity contribution in [3.05, 3.63) is 65.7 Å². The van der Waals surface area contributed by atoms with Gasteiger partial charge in [-0.15, -0.1) is 0 Å². The summed E-state index contributed by atoms with van der Waals surface area (Å²) in [6.45, 7) is 3.10. The molecule has 1 aliphatic rings. The van der Waals surface area contributed by atoms with Gasteiger partial charge in [0.25, 0.3) is 0 Å². The minimum atomic E-state index is -1.07. The number of piperazine rings is 1. The van der Waals surface area contributed by atoms with Crippen molar-refractivity contribution >= 4 is 23.6 Å². The molecule has 0 radical (unpaired) electrons. The third kappa shape index (κ3) is 6.08. The Balaban J connectivity index is 1.66. The van der Waals surface area contributed by atoms with Gasteiger partial charge < -0.3 is 20.4 Å². The second-order valence-corrected chi connectivity index (χ2v) is 6.94. The maximum Gasteiger partial charge on any atom is 0.322 e. The number of anilines is 1. The number of aliphatic carboxylic acids is 1.